The molecule has 4 nitrogen and oxygen atoms in total. The quantitative estimate of drug-likeness (QED) is 0.516. The molecule has 1 fully saturated rings. The van der Waals surface area contributed by atoms with Gasteiger partial charge >= 0.3 is 0 Å². The second kappa shape index (κ2) is 4.08. The zero-order valence-electron chi connectivity index (χ0n) is 8.48. The molecule has 0 bridgehead atoms. The van der Waals surface area contributed by atoms with E-state index in [2.05, 4.69) is 5.32 Å². The predicted octanol–water partition coefficient (Wildman–Crippen LogP) is 0.850. The van der Waals surface area contributed by atoms with Crippen LogP contribution in [0.4, 0.5) is 0 Å². The van der Waals surface area contributed by atoms with Crippen molar-refractivity contribution in [2.75, 3.05) is 6.54 Å². The Morgan fingerprint density at radius 2 is 2.07 bits per heavy atom. The molecule has 0 aromatic heterocycles. The van der Waals surface area contributed by atoms with Crippen LogP contribution in [0.2, 0.25) is 0 Å². The maximum Gasteiger partial charge on any atom is 0.157 e. The minimum atomic E-state index is -0.0844. The largest absolute Gasteiger partial charge is 0.504 e. The van der Waals surface area contributed by atoms with Gasteiger partial charge < -0.3 is 21.3 Å². The molecule has 1 saturated heterocycles. The Hall–Kier alpha value is -1.26. The number of nitrogens with two attached hydrogens (primary N) is 1. The Morgan fingerprint density at radius 1 is 1.27 bits per heavy atom. The highest BCUT2D eigenvalue weighted by Gasteiger charge is 2.20. The lowest BCUT2D eigenvalue weighted by Crippen LogP contribution is -2.38. The van der Waals surface area contributed by atoms with Gasteiger partial charge in [-0.1, -0.05) is 6.07 Å². The van der Waals surface area contributed by atoms with Gasteiger partial charge in [-0.05, 0) is 37.1 Å². The van der Waals surface area contributed by atoms with Crippen molar-refractivity contribution in [1.29, 1.82) is 0 Å². The standard InChI is InChI=1S/C11H16N2O2/c12-8-3-4-13-9(6-8)7-1-2-10(14)11(15)5-7/h1-2,5,8-9,13-15H,3-4,6,12H2/t8-,9-/m0/s1. The smallest absolute Gasteiger partial charge is 0.157 e. The van der Waals surface area contributed by atoms with Crippen LogP contribution in [-0.2, 0) is 0 Å². The van der Waals surface area contributed by atoms with Gasteiger partial charge in [-0.15, -0.1) is 0 Å². The van der Waals surface area contributed by atoms with Crippen molar-refractivity contribution >= 4 is 0 Å². The third-order valence-electron chi connectivity index (χ3n) is 2.85. The van der Waals surface area contributed by atoms with E-state index in [4.69, 9.17) is 5.73 Å². The highest BCUT2D eigenvalue weighted by atomic mass is 16.3. The maximum absolute atomic E-state index is 9.39. The highest BCUT2D eigenvalue weighted by molar-refractivity contribution is 5.41. The van der Waals surface area contributed by atoms with Crippen LogP contribution in [0, 0.1) is 0 Å². The fourth-order valence-electron chi connectivity index (χ4n) is 1.96. The molecule has 5 N–H and O–H groups in total. The number of piperidine rings is 1. The summed E-state index contributed by atoms with van der Waals surface area (Å²) >= 11 is 0. The normalized spacial score (nSPS) is 26.5. The Bertz CT molecular complexity index is 354. The summed E-state index contributed by atoms with van der Waals surface area (Å²) in [7, 11) is 0. The number of benzene rings is 1. The van der Waals surface area contributed by atoms with E-state index < -0.39 is 0 Å². The molecule has 1 aliphatic rings. The number of aromatic hydroxyl groups is 2. The molecule has 82 valence electrons. The predicted molar refractivity (Wildman–Crippen MR) is 57.7 cm³/mol. The minimum absolute atomic E-state index is 0.0755. The fourth-order valence-corrected chi connectivity index (χ4v) is 1.96. The summed E-state index contributed by atoms with van der Waals surface area (Å²) in [5.41, 5.74) is 6.85. The summed E-state index contributed by atoms with van der Waals surface area (Å²) in [6, 6.07) is 5.30. The van der Waals surface area contributed by atoms with Crippen LogP contribution in [0.5, 0.6) is 11.5 Å². The van der Waals surface area contributed by atoms with Crippen LogP contribution in [0.3, 0.4) is 0 Å². The second-order valence-electron chi connectivity index (χ2n) is 4.04. The van der Waals surface area contributed by atoms with Crippen LogP contribution >= 0.6 is 0 Å². The van der Waals surface area contributed by atoms with Crippen LogP contribution in [0.1, 0.15) is 24.4 Å². The summed E-state index contributed by atoms with van der Waals surface area (Å²) < 4.78 is 0. The molecule has 0 unspecified atom stereocenters. The molecular formula is C11H16N2O2. The molecule has 1 aromatic rings. The fraction of sp³-hybridized carbons (Fsp3) is 0.455. The minimum Gasteiger partial charge on any atom is -0.504 e. The van der Waals surface area contributed by atoms with Gasteiger partial charge in [0.05, 0.1) is 0 Å². The topological polar surface area (TPSA) is 78.5 Å². The lowest BCUT2D eigenvalue weighted by molar-refractivity contribution is 0.365. The van der Waals surface area contributed by atoms with Crippen molar-refractivity contribution in [2.45, 2.75) is 24.9 Å². The first-order valence-corrected chi connectivity index (χ1v) is 5.17. The molecular weight excluding hydrogens is 192 g/mol. The van der Waals surface area contributed by atoms with E-state index in [0.29, 0.717) is 0 Å². The van der Waals surface area contributed by atoms with Crippen molar-refractivity contribution in [3.8, 4) is 11.5 Å². The van der Waals surface area contributed by atoms with E-state index in [-0.39, 0.29) is 23.6 Å². The SMILES string of the molecule is N[C@H]1CCN[C@H](c2ccc(O)c(O)c2)C1. The Labute approximate surface area is 88.7 Å². The molecule has 0 aliphatic carbocycles. The van der Waals surface area contributed by atoms with Crippen LogP contribution in [0.15, 0.2) is 18.2 Å². The van der Waals surface area contributed by atoms with E-state index >= 15 is 0 Å². The van der Waals surface area contributed by atoms with E-state index in [1.54, 1.807) is 6.07 Å². The number of phenols is 2. The molecule has 0 saturated carbocycles. The summed E-state index contributed by atoms with van der Waals surface area (Å²) in [5.74, 6) is -0.160. The Morgan fingerprint density at radius 3 is 2.73 bits per heavy atom. The number of phenolic OH excluding ortho intramolecular Hbond substituents is 2. The molecule has 4 heteroatoms. The monoisotopic (exact) mass is 208 g/mol. The van der Waals surface area contributed by atoms with Crippen LogP contribution in [0.25, 0.3) is 0 Å². The van der Waals surface area contributed by atoms with Gasteiger partial charge in [0.25, 0.3) is 0 Å². The van der Waals surface area contributed by atoms with Crippen molar-refractivity contribution in [3.05, 3.63) is 23.8 Å². The lowest BCUT2D eigenvalue weighted by Gasteiger charge is -2.28. The third-order valence-corrected chi connectivity index (χ3v) is 2.85. The molecule has 1 aliphatic heterocycles. The lowest BCUT2D eigenvalue weighted by atomic mass is 9.94. The van der Waals surface area contributed by atoms with Gasteiger partial charge in [0.2, 0.25) is 0 Å². The average molecular weight is 208 g/mol. The number of rotatable bonds is 1. The first-order valence-electron chi connectivity index (χ1n) is 5.17. The van der Waals surface area contributed by atoms with Crippen LogP contribution < -0.4 is 11.1 Å². The van der Waals surface area contributed by atoms with Crippen molar-refractivity contribution in [2.24, 2.45) is 5.73 Å². The molecule has 15 heavy (non-hydrogen) atoms. The molecule has 0 spiro atoms. The number of hydrogen-bond acceptors (Lipinski definition) is 4. The van der Waals surface area contributed by atoms with Crippen molar-refractivity contribution < 1.29 is 10.2 Å². The van der Waals surface area contributed by atoms with Gasteiger partial charge in [0.15, 0.2) is 11.5 Å². The second-order valence-corrected chi connectivity index (χ2v) is 4.04. The summed E-state index contributed by atoms with van der Waals surface area (Å²) in [6.45, 7) is 0.896. The van der Waals surface area contributed by atoms with Gasteiger partial charge in [-0.2, -0.15) is 0 Å². The highest BCUT2D eigenvalue weighted by Crippen LogP contribution is 2.30. The molecule has 0 radical (unpaired) electrons. The average Bonchev–Trinajstić information content (AvgIpc) is 2.22. The van der Waals surface area contributed by atoms with Crippen molar-refractivity contribution in [1.82, 2.24) is 5.32 Å². The van der Waals surface area contributed by atoms with E-state index in [0.717, 1.165) is 24.9 Å². The zero-order chi connectivity index (χ0) is 10.8. The van der Waals surface area contributed by atoms with E-state index in [9.17, 15) is 10.2 Å². The number of nitrogens with one attached hydrogen (secondary N) is 1. The molecule has 0 amide bonds. The molecule has 1 aromatic carbocycles. The molecule has 1 heterocycles. The summed E-state index contributed by atoms with van der Waals surface area (Å²) in [5, 5.41) is 21.9. The van der Waals surface area contributed by atoms with Crippen LogP contribution in [-0.4, -0.2) is 22.8 Å². The summed E-state index contributed by atoms with van der Waals surface area (Å²) in [4.78, 5) is 0. The van der Waals surface area contributed by atoms with E-state index in [1.807, 2.05) is 6.07 Å². The van der Waals surface area contributed by atoms with Crippen molar-refractivity contribution in [3.63, 3.8) is 0 Å². The van der Waals surface area contributed by atoms with Gasteiger partial charge in [-0.3, -0.25) is 0 Å². The van der Waals surface area contributed by atoms with Gasteiger partial charge in [0.1, 0.15) is 0 Å². The summed E-state index contributed by atoms with van der Waals surface area (Å²) in [6.07, 6.45) is 1.85. The molecule has 2 atom stereocenters. The first kappa shape index (κ1) is 10.3. The third kappa shape index (κ3) is 2.22. The zero-order valence-corrected chi connectivity index (χ0v) is 8.48. The van der Waals surface area contributed by atoms with Gasteiger partial charge in [0, 0.05) is 12.1 Å². The maximum atomic E-state index is 9.39. The number of hydrogen-bond donors (Lipinski definition) is 4. The first-order chi connectivity index (χ1) is 7.16. The van der Waals surface area contributed by atoms with Gasteiger partial charge in [-0.25, -0.2) is 0 Å². The Balaban J connectivity index is 2.18. The Kier molecular flexibility index (Phi) is 2.79. The molecule has 2 rings (SSSR count). The van der Waals surface area contributed by atoms with E-state index in [1.165, 1.54) is 6.07 Å².